The normalized spacial score (nSPS) is 11.4. The predicted molar refractivity (Wildman–Crippen MR) is 75.8 cm³/mol. The van der Waals surface area contributed by atoms with Crippen molar-refractivity contribution in [1.82, 2.24) is 4.98 Å². The van der Waals surface area contributed by atoms with E-state index in [0.717, 1.165) is 30.8 Å². The molecule has 0 unspecified atom stereocenters. The Morgan fingerprint density at radius 1 is 1.29 bits per heavy atom. The third kappa shape index (κ3) is 3.62. The summed E-state index contributed by atoms with van der Waals surface area (Å²) in [6.07, 6.45) is 6.04. The zero-order valence-electron chi connectivity index (χ0n) is 11.7. The summed E-state index contributed by atoms with van der Waals surface area (Å²) in [7, 11) is 2.13. The molecule has 0 aliphatic rings. The molecule has 1 rings (SSSR count). The van der Waals surface area contributed by atoms with Gasteiger partial charge in [-0.1, -0.05) is 13.8 Å². The van der Waals surface area contributed by atoms with Crippen LogP contribution < -0.4 is 10.2 Å². The van der Waals surface area contributed by atoms with Crippen LogP contribution in [-0.2, 0) is 0 Å². The van der Waals surface area contributed by atoms with Gasteiger partial charge in [0.05, 0.1) is 23.8 Å². The molecule has 0 atom stereocenters. The van der Waals surface area contributed by atoms with Crippen molar-refractivity contribution in [2.45, 2.75) is 46.1 Å². The molecular formula is C14H25N3. The SMILES string of the molecule is CCCNc1cncc(N(C)C(C)(C)CC)c1. The van der Waals surface area contributed by atoms with Crippen molar-refractivity contribution in [3.05, 3.63) is 18.5 Å². The molecule has 1 N–H and O–H groups in total. The minimum absolute atomic E-state index is 0.158. The van der Waals surface area contributed by atoms with E-state index < -0.39 is 0 Å². The van der Waals surface area contributed by atoms with Gasteiger partial charge in [-0.05, 0) is 32.8 Å². The Morgan fingerprint density at radius 2 is 2.00 bits per heavy atom. The van der Waals surface area contributed by atoms with Gasteiger partial charge in [0.25, 0.3) is 0 Å². The Labute approximate surface area is 105 Å². The van der Waals surface area contributed by atoms with Gasteiger partial charge in [0.15, 0.2) is 0 Å². The van der Waals surface area contributed by atoms with E-state index in [1.807, 2.05) is 12.4 Å². The molecule has 3 nitrogen and oxygen atoms in total. The fourth-order valence-corrected chi connectivity index (χ4v) is 1.56. The van der Waals surface area contributed by atoms with E-state index in [4.69, 9.17) is 0 Å². The molecule has 0 aromatic carbocycles. The molecular weight excluding hydrogens is 210 g/mol. The van der Waals surface area contributed by atoms with Crippen molar-refractivity contribution in [2.24, 2.45) is 0 Å². The third-order valence-electron chi connectivity index (χ3n) is 3.46. The van der Waals surface area contributed by atoms with E-state index in [9.17, 15) is 0 Å². The van der Waals surface area contributed by atoms with E-state index in [-0.39, 0.29) is 5.54 Å². The molecule has 0 aliphatic heterocycles. The second-order valence-corrected chi connectivity index (χ2v) is 5.08. The minimum atomic E-state index is 0.158. The first-order chi connectivity index (χ1) is 8.01. The number of pyridine rings is 1. The minimum Gasteiger partial charge on any atom is -0.384 e. The largest absolute Gasteiger partial charge is 0.384 e. The molecule has 3 heteroatoms. The quantitative estimate of drug-likeness (QED) is 0.817. The van der Waals surface area contributed by atoms with E-state index in [1.54, 1.807) is 0 Å². The van der Waals surface area contributed by atoms with Gasteiger partial charge in [-0.15, -0.1) is 0 Å². The van der Waals surface area contributed by atoms with Crippen LogP contribution in [-0.4, -0.2) is 24.1 Å². The lowest BCUT2D eigenvalue weighted by Crippen LogP contribution is -2.40. The van der Waals surface area contributed by atoms with E-state index in [2.05, 4.69) is 56.0 Å². The number of nitrogens with one attached hydrogen (secondary N) is 1. The molecule has 96 valence electrons. The summed E-state index contributed by atoms with van der Waals surface area (Å²) >= 11 is 0. The average molecular weight is 235 g/mol. The highest BCUT2D eigenvalue weighted by Crippen LogP contribution is 2.25. The molecule has 17 heavy (non-hydrogen) atoms. The molecule has 0 fully saturated rings. The number of aromatic nitrogens is 1. The zero-order chi connectivity index (χ0) is 12.9. The van der Waals surface area contributed by atoms with Crippen LogP contribution in [0, 0.1) is 0 Å². The van der Waals surface area contributed by atoms with Crippen molar-refractivity contribution < 1.29 is 0 Å². The number of rotatable bonds is 6. The van der Waals surface area contributed by atoms with Crippen LogP contribution in [0.2, 0.25) is 0 Å². The fraction of sp³-hybridized carbons (Fsp3) is 0.643. The Hall–Kier alpha value is -1.25. The van der Waals surface area contributed by atoms with Crippen LogP contribution in [0.25, 0.3) is 0 Å². The number of hydrogen-bond acceptors (Lipinski definition) is 3. The monoisotopic (exact) mass is 235 g/mol. The first kappa shape index (κ1) is 13.8. The summed E-state index contributed by atoms with van der Waals surface area (Å²) in [5, 5.41) is 3.37. The van der Waals surface area contributed by atoms with Crippen molar-refractivity contribution in [3.8, 4) is 0 Å². The first-order valence-electron chi connectivity index (χ1n) is 6.44. The maximum Gasteiger partial charge on any atom is 0.0575 e. The Balaban J connectivity index is 2.84. The van der Waals surface area contributed by atoms with Crippen LogP contribution in [0.4, 0.5) is 11.4 Å². The highest BCUT2D eigenvalue weighted by molar-refractivity contribution is 5.56. The lowest BCUT2D eigenvalue weighted by atomic mass is 9.99. The van der Waals surface area contributed by atoms with Crippen LogP contribution in [0.15, 0.2) is 18.5 Å². The van der Waals surface area contributed by atoms with Gasteiger partial charge >= 0.3 is 0 Å². The highest BCUT2D eigenvalue weighted by Gasteiger charge is 2.21. The van der Waals surface area contributed by atoms with Gasteiger partial charge in [-0.3, -0.25) is 4.98 Å². The maximum absolute atomic E-state index is 4.30. The number of anilines is 2. The van der Waals surface area contributed by atoms with Gasteiger partial charge in [-0.2, -0.15) is 0 Å². The van der Waals surface area contributed by atoms with Crippen LogP contribution in [0.5, 0.6) is 0 Å². The molecule has 0 saturated heterocycles. The summed E-state index contributed by atoms with van der Waals surface area (Å²) in [6.45, 7) is 9.87. The molecule has 0 amide bonds. The van der Waals surface area contributed by atoms with Gasteiger partial charge in [0, 0.05) is 19.1 Å². The number of nitrogens with zero attached hydrogens (tertiary/aromatic N) is 2. The summed E-state index contributed by atoms with van der Waals surface area (Å²) in [5.74, 6) is 0. The van der Waals surface area contributed by atoms with Crippen molar-refractivity contribution in [1.29, 1.82) is 0 Å². The average Bonchev–Trinajstić information content (AvgIpc) is 2.35. The van der Waals surface area contributed by atoms with Gasteiger partial charge in [0.1, 0.15) is 0 Å². The summed E-state index contributed by atoms with van der Waals surface area (Å²) in [5.41, 5.74) is 2.42. The molecule has 0 aliphatic carbocycles. The van der Waals surface area contributed by atoms with Crippen molar-refractivity contribution in [3.63, 3.8) is 0 Å². The second kappa shape index (κ2) is 5.89. The maximum atomic E-state index is 4.30. The summed E-state index contributed by atoms with van der Waals surface area (Å²) in [6, 6.07) is 2.17. The van der Waals surface area contributed by atoms with E-state index in [1.165, 1.54) is 0 Å². The highest BCUT2D eigenvalue weighted by atomic mass is 15.2. The standard InChI is InChI=1S/C14H25N3/c1-6-8-16-12-9-13(11-15-10-12)17(5)14(3,4)7-2/h9-11,16H,6-8H2,1-5H3. The van der Waals surface area contributed by atoms with Gasteiger partial charge in [0.2, 0.25) is 0 Å². The third-order valence-corrected chi connectivity index (χ3v) is 3.46. The molecule has 0 radical (unpaired) electrons. The van der Waals surface area contributed by atoms with E-state index >= 15 is 0 Å². The lowest BCUT2D eigenvalue weighted by molar-refractivity contribution is 0.470. The molecule has 0 saturated carbocycles. The lowest BCUT2D eigenvalue weighted by Gasteiger charge is -2.36. The van der Waals surface area contributed by atoms with Gasteiger partial charge < -0.3 is 10.2 Å². The topological polar surface area (TPSA) is 28.2 Å². The molecule has 0 bridgehead atoms. The summed E-state index contributed by atoms with van der Waals surface area (Å²) in [4.78, 5) is 6.59. The molecule has 0 spiro atoms. The Bertz CT molecular complexity index is 347. The zero-order valence-corrected chi connectivity index (χ0v) is 11.7. The second-order valence-electron chi connectivity index (χ2n) is 5.08. The molecule has 1 heterocycles. The first-order valence-corrected chi connectivity index (χ1v) is 6.44. The van der Waals surface area contributed by atoms with E-state index in [0.29, 0.717) is 0 Å². The smallest absolute Gasteiger partial charge is 0.0575 e. The van der Waals surface area contributed by atoms with Crippen LogP contribution >= 0.6 is 0 Å². The van der Waals surface area contributed by atoms with Crippen LogP contribution in [0.1, 0.15) is 40.5 Å². The number of hydrogen-bond donors (Lipinski definition) is 1. The molecule has 1 aromatic rings. The van der Waals surface area contributed by atoms with Crippen molar-refractivity contribution >= 4 is 11.4 Å². The van der Waals surface area contributed by atoms with Crippen molar-refractivity contribution in [2.75, 3.05) is 23.8 Å². The predicted octanol–water partition coefficient (Wildman–Crippen LogP) is 3.53. The fourth-order valence-electron chi connectivity index (χ4n) is 1.56. The Kier molecular flexibility index (Phi) is 4.79. The Morgan fingerprint density at radius 3 is 2.59 bits per heavy atom. The van der Waals surface area contributed by atoms with Crippen LogP contribution in [0.3, 0.4) is 0 Å². The molecule has 1 aromatic heterocycles. The van der Waals surface area contributed by atoms with Gasteiger partial charge in [-0.25, -0.2) is 0 Å². The summed E-state index contributed by atoms with van der Waals surface area (Å²) < 4.78 is 0.